The Labute approximate surface area is 101 Å². The third kappa shape index (κ3) is 1.82. The van der Waals surface area contributed by atoms with Crippen LogP contribution in [0.5, 0.6) is 0 Å². The number of aryl methyl sites for hydroxylation is 1. The molecular weight excluding hydrogens is 212 g/mol. The summed E-state index contributed by atoms with van der Waals surface area (Å²) in [6.07, 6.45) is 6.79. The van der Waals surface area contributed by atoms with Crippen molar-refractivity contribution in [2.75, 3.05) is 0 Å². The molecule has 0 aromatic carbocycles. The van der Waals surface area contributed by atoms with Crippen LogP contribution < -0.4 is 5.73 Å². The largest absolute Gasteiger partial charge is 0.327 e. The molecule has 2 N–H and O–H groups in total. The number of nitrogens with two attached hydrogens (primary N) is 1. The predicted molar refractivity (Wildman–Crippen MR) is 66.9 cm³/mol. The van der Waals surface area contributed by atoms with Crippen molar-refractivity contribution in [3.8, 4) is 0 Å². The van der Waals surface area contributed by atoms with Crippen LogP contribution in [-0.2, 0) is 0 Å². The molecule has 2 atom stereocenters. The molecule has 2 heterocycles. The fraction of sp³-hybridized carbons (Fsp3) is 0.538. The van der Waals surface area contributed by atoms with Gasteiger partial charge in [0.05, 0.1) is 0 Å². The summed E-state index contributed by atoms with van der Waals surface area (Å²) in [6, 6.07) is 4.39. The Morgan fingerprint density at radius 3 is 2.94 bits per heavy atom. The van der Waals surface area contributed by atoms with Crippen LogP contribution in [0.1, 0.15) is 43.0 Å². The SMILES string of the molecule is Cc1ccn2c(C3CCCCC3N)nnc2c1. The van der Waals surface area contributed by atoms with Gasteiger partial charge in [0, 0.05) is 18.2 Å². The van der Waals surface area contributed by atoms with E-state index in [1.807, 2.05) is 0 Å². The van der Waals surface area contributed by atoms with Crippen LogP contribution in [0.2, 0.25) is 0 Å². The number of nitrogens with zero attached hydrogens (tertiary/aromatic N) is 3. The van der Waals surface area contributed by atoms with E-state index in [2.05, 4.69) is 39.9 Å². The summed E-state index contributed by atoms with van der Waals surface area (Å²) < 4.78 is 2.09. The number of hydrogen-bond acceptors (Lipinski definition) is 3. The molecule has 1 saturated carbocycles. The molecule has 4 heteroatoms. The molecule has 0 aliphatic heterocycles. The number of rotatable bonds is 1. The van der Waals surface area contributed by atoms with Gasteiger partial charge in [-0.3, -0.25) is 4.40 Å². The molecule has 4 nitrogen and oxygen atoms in total. The Kier molecular flexibility index (Phi) is 2.59. The van der Waals surface area contributed by atoms with E-state index in [0.29, 0.717) is 5.92 Å². The summed E-state index contributed by atoms with van der Waals surface area (Å²) in [5.41, 5.74) is 8.35. The molecule has 0 radical (unpaired) electrons. The molecule has 90 valence electrons. The minimum absolute atomic E-state index is 0.234. The van der Waals surface area contributed by atoms with Crippen molar-refractivity contribution < 1.29 is 0 Å². The van der Waals surface area contributed by atoms with Gasteiger partial charge in [0.15, 0.2) is 5.65 Å². The lowest BCUT2D eigenvalue weighted by atomic mass is 9.84. The highest BCUT2D eigenvalue weighted by Gasteiger charge is 2.27. The van der Waals surface area contributed by atoms with Crippen LogP contribution in [0.15, 0.2) is 18.3 Å². The van der Waals surface area contributed by atoms with Crippen LogP contribution in [0.3, 0.4) is 0 Å². The van der Waals surface area contributed by atoms with E-state index < -0.39 is 0 Å². The second kappa shape index (κ2) is 4.11. The smallest absolute Gasteiger partial charge is 0.161 e. The van der Waals surface area contributed by atoms with E-state index in [9.17, 15) is 0 Å². The highest BCUT2D eigenvalue weighted by atomic mass is 15.2. The minimum Gasteiger partial charge on any atom is -0.327 e. The van der Waals surface area contributed by atoms with Crippen LogP contribution in [0, 0.1) is 6.92 Å². The number of pyridine rings is 1. The summed E-state index contributed by atoms with van der Waals surface area (Å²) in [4.78, 5) is 0. The van der Waals surface area contributed by atoms with Crippen molar-refractivity contribution in [2.24, 2.45) is 5.73 Å². The third-order valence-electron chi connectivity index (χ3n) is 3.74. The maximum absolute atomic E-state index is 6.21. The predicted octanol–water partition coefficient (Wildman–Crippen LogP) is 2.02. The Bertz CT molecular complexity index is 531. The summed E-state index contributed by atoms with van der Waals surface area (Å²) in [6.45, 7) is 2.07. The normalized spacial score (nSPS) is 25.3. The fourth-order valence-electron chi connectivity index (χ4n) is 2.74. The summed E-state index contributed by atoms with van der Waals surface area (Å²) in [5, 5.41) is 8.59. The molecule has 0 bridgehead atoms. The molecular formula is C13H18N4. The van der Waals surface area contributed by atoms with Gasteiger partial charge in [0.25, 0.3) is 0 Å². The highest BCUT2D eigenvalue weighted by Crippen LogP contribution is 2.31. The van der Waals surface area contributed by atoms with Crippen molar-refractivity contribution in [1.29, 1.82) is 0 Å². The highest BCUT2D eigenvalue weighted by molar-refractivity contribution is 5.41. The second-order valence-electron chi connectivity index (χ2n) is 5.05. The van der Waals surface area contributed by atoms with Crippen molar-refractivity contribution in [2.45, 2.75) is 44.6 Å². The average Bonchev–Trinajstić information content (AvgIpc) is 2.72. The molecule has 3 rings (SSSR count). The van der Waals surface area contributed by atoms with Crippen LogP contribution in [0.25, 0.3) is 5.65 Å². The minimum atomic E-state index is 0.234. The molecule has 2 unspecified atom stereocenters. The van der Waals surface area contributed by atoms with Gasteiger partial charge in [0.1, 0.15) is 5.82 Å². The van der Waals surface area contributed by atoms with Gasteiger partial charge < -0.3 is 5.73 Å². The molecule has 1 aliphatic carbocycles. The molecule has 17 heavy (non-hydrogen) atoms. The first-order valence-electron chi connectivity index (χ1n) is 6.32. The topological polar surface area (TPSA) is 56.2 Å². The molecule has 1 fully saturated rings. The number of hydrogen-bond donors (Lipinski definition) is 1. The first kappa shape index (κ1) is 10.7. The number of aromatic nitrogens is 3. The summed E-state index contributed by atoms with van der Waals surface area (Å²) in [5.74, 6) is 1.40. The zero-order valence-electron chi connectivity index (χ0n) is 10.1. The Balaban J connectivity index is 2.05. The van der Waals surface area contributed by atoms with Gasteiger partial charge in [-0.25, -0.2) is 0 Å². The van der Waals surface area contributed by atoms with E-state index in [1.54, 1.807) is 0 Å². The molecule has 0 spiro atoms. The van der Waals surface area contributed by atoms with Crippen LogP contribution in [-0.4, -0.2) is 20.6 Å². The summed E-state index contributed by atoms with van der Waals surface area (Å²) >= 11 is 0. The van der Waals surface area contributed by atoms with E-state index >= 15 is 0 Å². The Hall–Kier alpha value is -1.42. The van der Waals surface area contributed by atoms with Crippen molar-refractivity contribution >= 4 is 5.65 Å². The lowest BCUT2D eigenvalue weighted by Gasteiger charge is -2.27. The van der Waals surface area contributed by atoms with Crippen LogP contribution in [0.4, 0.5) is 0 Å². The van der Waals surface area contributed by atoms with Gasteiger partial charge in [-0.15, -0.1) is 10.2 Å². The van der Waals surface area contributed by atoms with Crippen molar-refractivity contribution in [3.63, 3.8) is 0 Å². The number of fused-ring (bicyclic) bond motifs is 1. The van der Waals surface area contributed by atoms with E-state index in [1.165, 1.54) is 18.4 Å². The van der Waals surface area contributed by atoms with Gasteiger partial charge in [-0.1, -0.05) is 12.8 Å². The van der Waals surface area contributed by atoms with E-state index in [0.717, 1.165) is 24.3 Å². The quantitative estimate of drug-likeness (QED) is 0.815. The monoisotopic (exact) mass is 230 g/mol. The standard InChI is InChI=1S/C13H18N4/c1-9-6-7-17-12(8-9)15-16-13(17)10-4-2-3-5-11(10)14/h6-8,10-11H,2-5,14H2,1H3. The lowest BCUT2D eigenvalue weighted by Crippen LogP contribution is -2.32. The Morgan fingerprint density at radius 1 is 1.29 bits per heavy atom. The van der Waals surface area contributed by atoms with Gasteiger partial charge in [0.2, 0.25) is 0 Å². The van der Waals surface area contributed by atoms with Crippen LogP contribution >= 0.6 is 0 Å². The second-order valence-corrected chi connectivity index (χ2v) is 5.05. The average molecular weight is 230 g/mol. The van der Waals surface area contributed by atoms with E-state index in [-0.39, 0.29) is 6.04 Å². The molecule has 0 saturated heterocycles. The first-order valence-corrected chi connectivity index (χ1v) is 6.32. The van der Waals surface area contributed by atoms with Crippen molar-refractivity contribution in [3.05, 3.63) is 29.7 Å². The zero-order valence-corrected chi connectivity index (χ0v) is 10.1. The fourth-order valence-corrected chi connectivity index (χ4v) is 2.74. The maximum Gasteiger partial charge on any atom is 0.161 e. The molecule has 2 aromatic heterocycles. The van der Waals surface area contributed by atoms with E-state index in [4.69, 9.17) is 5.73 Å². The maximum atomic E-state index is 6.21. The van der Waals surface area contributed by atoms with Crippen molar-refractivity contribution in [1.82, 2.24) is 14.6 Å². The third-order valence-corrected chi connectivity index (χ3v) is 3.74. The molecule has 0 amide bonds. The first-order chi connectivity index (χ1) is 8.25. The van der Waals surface area contributed by atoms with Gasteiger partial charge in [-0.05, 0) is 37.5 Å². The van der Waals surface area contributed by atoms with Gasteiger partial charge >= 0.3 is 0 Å². The Morgan fingerprint density at radius 2 is 2.12 bits per heavy atom. The molecule has 1 aliphatic rings. The molecule has 2 aromatic rings. The summed E-state index contributed by atoms with van der Waals surface area (Å²) in [7, 11) is 0. The van der Waals surface area contributed by atoms with Gasteiger partial charge in [-0.2, -0.15) is 0 Å². The lowest BCUT2D eigenvalue weighted by molar-refractivity contribution is 0.371. The zero-order chi connectivity index (χ0) is 11.8.